The second-order valence-corrected chi connectivity index (χ2v) is 8.38. The predicted molar refractivity (Wildman–Crippen MR) is 121 cm³/mol. The topological polar surface area (TPSA) is 67.7 Å². The van der Waals surface area contributed by atoms with E-state index in [1.54, 1.807) is 44.9 Å². The molecule has 2 aromatic carbocycles. The largest absolute Gasteiger partial charge is 0.370 e. The van der Waals surface area contributed by atoms with Gasteiger partial charge in [-0.1, -0.05) is 12.1 Å². The second kappa shape index (κ2) is 9.95. The van der Waals surface area contributed by atoms with Crippen molar-refractivity contribution >= 4 is 11.8 Å². The van der Waals surface area contributed by atoms with Gasteiger partial charge in [0.25, 0.3) is 5.91 Å². The third-order valence-electron chi connectivity index (χ3n) is 5.66. The number of amides is 2. The Bertz CT molecular complexity index is 1080. The van der Waals surface area contributed by atoms with E-state index >= 15 is 0 Å². The highest BCUT2D eigenvalue weighted by atomic mass is 19.1. The van der Waals surface area contributed by atoms with Crippen molar-refractivity contribution in [3.63, 3.8) is 0 Å². The molecule has 0 aliphatic carbocycles. The summed E-state index contributed by atoms with van der Waals surface area (Å²) in [6.45, 7) is 4.83. The van der Waals surface area contributed by atoms with Crippen LogP contribution in [0.25, 0.3) is 5.69 Å². The van der Waals surface area contributed by atoms with Crippen molar-refractivity contribution in [3.05, 3.63) is 83.9 Å². The van der Waals surface area contributed by atoms with Crippen LogP contribution in [-0.2, 0) is 16.1 Å². The van der Waals surface area contributed by atoms with Crippen molar-refractivity contribution in [1.29, 1.82) is 0 Å². The Balaban J connectivity index is 1.50. The number of benzene rings is 2. The first-order chi connectivity index (χ1) is 15.9. The molecule has 1 aliphatic heterocycles. The molecule has 3 aromatic rings. The molecule has 1 saturated heterocycles. The summed E-state index contributed by atoms with van der Waals surface area (Å²) in [5.74, 6) is -0.643. The van der Waals surface area contributed by atoms with Crippen molar-refractivity contribution in [2.45, 2.75) is 32.6 Å². The Kier molecular flexibility index (Phi) is 6.84. The fourth-order valence-electron chi connectivity index (χ4n) is 3.86. The molecule has 2 amide bonds. The summed E-state index contributed by atoms with van der Waals surface area (Å²) in [4.78, 5) is 29.4. The minimum Gasteiger partial charge on any atom is -0.370 e. The molecular weight excluding hydrogens is 423 g/mol. The van der Waals surface area contributed by atoms with E-state index in [0.29, 0.717) is 12.1 Å². The fourth-order valence-corrected chi connectivity index (χ4v) is 3.86. The standard InChI is InChI=1S/C25H27FN4O3/c1-18(2)29-15-23(33-17-19-4-8-21(26)9-5-19)14-28(16-24(29)31)25(32)20-6-10-22(11-7-20)30-13-3-12-27-30/h3-13,18,23H,14-17H2,1-2H3. The summed E-state index contributed by atoms with van der Waals surface area (Å²) in [6, 6.07) is 15.0. The Morgan fingerprint density at radius 2 is 1.85 bits per heavy atom. The Labute approximate surface area is 192 Å². The lowest BCUT2D eigenvalue weighted by Crippen LogP contribution is -2.42. The zero-order valence-corrected chi connectivity index (χ0v) is 18.7. The van der Waals surface area contributed by atoms with Gasteiger partial charge in [0.1, 0.15) is 12.4 Å². The number of nitrogens with zero attached hydrogens (tertiary/aromatic N) is 4. The normalized spacial score (nSPS) is 16.8. The number of carbonyl (C=O) groups is 2. The van der Waals surface area contributed by atoms with E-state index in [2.05, 4.69) is 5.10 Å². The molecule has 0 radical (unpaired) electrons. The smallest absolute Gasteiger partial charge is 0.254 e. The highest BCUT2D eigenvalue weighted by Gasteiger charge is 2.32. The maximum absolute atomic E-state index is 13.3. The van der Waals surface area contributed by atoms with Gasteiger partial charge in [-0.05, 0) is 61.9 Å². The van der Waals surface area contributed by atoms with Crippen LogP contribution in [0.5, 0.6) is 0 Å². The zero-order chi connectivity index (χ0) is 23.4. The van der Waals surface area contributed by atoms with E-state index in [-0.39, 0.29) is 49.5 Å². The molecule has 8 heteroatoms. The number of aromatic nitrogens is 2. The van der Waals surface area contributed by atoms with E-state index in [9.17, 15) is 14.0 Å². The molecule has 1 aliphatic rings. The van der Waals surface area contributed by atoms with Gasteiger partial charge in [-0.2, -0.15) is 5.10 Å². The third kappa shape index (κ3) is 5.46. The molecule has 1 unspecified atom stereocenters. The molecule has 33 heavy (non-hydrogen) atoms. The summed E-state index contributed by atoms with van der Waals surface area (Å²) in [5.41, 5.74) is 2.17. The molecule has 1 atom stereocenters. The first-order valence-corrected chi connectivity index (χ1v) is 11.0. The van der Waals surface area contributed by atoms with Crippen molar-refractivity contribution in [2.75, 3.05) is 19.6 Å². The second-order valence-electron chi connectivity index (χ2n) is 8.38. The lowest BCUT2D eigenvalue weighted by atomic mass is 10.1. The highest BCUT2D eigenvalue weighted by Crippen LogP contribution is 2.17. The van der Waals surface area contributed by atoms with E-state index in [0.717, 1.165) is 11.3 Å². The van der Waals surface area contributed by atoms with Gasteiger partial charge in [-0.3, -0.25) is 9.59 Å². The predicted octanol–water partition coefficient (Wildman–Crippen LogP) is 3.29. The molecule has 0 spiro atoms. The molecule has 0 bridgehead atoms. The van der Waals surface area contributed by atoms with Gasteiger partial charge < -0.3 is 14.5 Å². The molecular formula is C25H27FN4O3. The van der Waals surface area contributed by atoms with Crippen molar-refractivity contribution in [2.24, 2.45) is 0 Å². The number of hydrogen-bond acceptors (Lipinski definition) is 4. The number of halogens is 1. The molecule has 0 saturated carbocycles. The quantitative estimate of drug-likeness (QED) is 0.578. The van der Waals surface area contributed by atoms with Crippen LogP contribution in [-0.4, -0.2) is 63.2 Å². The molecule has 0 N–H and O–H groups in total. The first kappa shape index (κ1) is 22.7. The summed E-state index contributed by atoms with van der Waals surface area (Å²) in [6.07, 6.45) is 3.15. The van der Waals surface area contributed by atoms with Crippen LogP contribution in [0, 0.1) is 5.82 Å². The summed E-state index contributed by atoms with van der Waals surface area (Å²) < 4.78 is 21.0. The maximum Gasteiger partial charge on any atom is 0.254 e. The number of carbonyl (C=O) groups excluding carboxylic acids is 2. The van der Waals surface area contributed by atoms with E-state index < -0.39 is 0 Å². The Morgan fingerprint density at radius 1 is 1.12 bits per heavy atom. The molecule has 2 heterocycles. The Morgan fingerprint density at radius 3 is 2.48 bits per heavy atom. The Hall–Kier alpha value is -3.52. The van der Waals surface area contributed by atoms with Crippen molar-refractivity contribution < 1.29 is 18.7 Å². The van der Waals surface area contributed by atoms with Gasteiger partial charge in [0, 0.05) is 37.1 Å². The average molecular weight is 451 g/mol. The van der Waals surface area contributed by atoms with Gasteiger partial charge in [-0.25, -0.2) is 9.07 Å². The highest BCUT2D eigenvalue weighted by molar-refractivity contribution is 5.97. The van der Waals surface area contributed by atoms with Crippen LogP contribution in [0.3, 0.4) is 0 Å². The molecule has 4 rings (SSSR count). The molecule has 172 valence electrons. The van der Waals surface area contributed by atoms with Crippen molar-refractivity contribution in [3.8, 4) is 5.69 Å². The molecule has 1 aromatic heterocycles. The number of rotatable bonds is 6. The van der Waals surface area contributed by atoms with Crippen LogP contribution < -0.4 is 0 Å². The van der Waals surface area contributed by atoms with Gasteiger partial charge >= 0.3 is 0 Å². The average Bonchev–Trinajstić information content (AvgIpc) is 3.29. The monoisotopic (exact) mass is 450 g/mol. The van der Waals surface area contributed by atoms with Gasteiger partial charge in [0.15, 0.2) is 0 Å². The maximum atomic E-state index is 13.3. The number of hydrogen-bond donors (Lipinski definition) is 0. The fraction of sp³-hybridized carbons (Fsp3) is 0.320. The van der Waals surface area contributed by atoms with Gasteiger partial charge in [0.2, 0.25) is 5.91 Å². The van der Waals surface area contributed by atoms with Crippen molar-refractivity contribution in [1.82, 2.24) is 19.6 Å². The van der Waals surface area contributed by atoms with Gasteiger partial charge in [0.05, 0.1) is 18.4 Å². The van der Waals surface area contributed by atoms with E-state index in [1.807, 2.05) is 38.2 Å². The lowest BCUT2D eigenvalue weighted by molar-refractivity contribution is -0.133. The minimum atomic E-state index is -0.365. The first-order valence-electron chi connectivity index (χ1n) is 11.0. The number of ether oxygens (including phenoxy) is 1. The van der Waals surface area contributed by atoms with Crippen LogP contribution in [0.2, 0.25) is 0 Å². The van der Waals surface area contributed by atoms with Crippen LogP contribution in [0.4, 0.5) is 4.39 Å². The minimum absolute atomic E-state index is 0.00563. The molecule has 1 fully saturated rings. The summed E-state index contributed by atoms with van der Waals surface area (Å²) in [7, 11) is 0. The third-order valence-corrected chi connectivity index (χ3v) is 5.66. The zero-order valence-electron chi connectivity index (χ0n) is 18.7. The van der Waals surface area contributed by atoms with Crippen LogP contribution >= 0.6 is 0 Å². The van der Waals surface area contributed by atoms with Gasteiger partial charge in [-0.15, -0.1) is 0 Å². The van der Waals surface area contributed by atoms with E-state index in [1.165, 1.54) is 12.1 Å². The summed E-state index contributed by atoms with van der Waals surface area (Å²) >= 11 is 0. The lowest BCUT2D eigenvalue weighted by Gasteiger charge is -2.27. The summed E-state index contributed by atoms with van der Waals surface area (Å²) in [5, 5.41) is 4.19. The van der Waals surface area contributed by atoms with E-state index in [4.69, 9.17) is 4.74 Å². The molecule has 7 nitrogen and oxygen atoms in total. The SMILES string of the molecule is CC(C)N1CC(OCc2ccc(F)cc2)CN(C(=O)c2ccc(-n3cccn3)cc2)CC1=O. The van der Waals surface area contributed by atoms with Crippen LogP contribution in [0.15, 0.2) is 67.0 Å². The van der Waals surface area contributed by atoms with Crippen LogP contribution in [0.1, 0.15) is 29.8 Å².